The van der Waals surface area contributed by atoms with E-state index in [0.717, 1.165) is 35.5 Å². The van der Waals surface area contributed by atoms with Gasteiger partial charge in [-0.25, -0.2) is 0 Å². The van der Waals surface area contributed by atoms with Crippen LogP contribution in [-0.2, 0) is 17.3 Å². The van der Waals surface area contributed by atoms with E-state index >= 15 is 0 Å². The second-order valence-electron chi connectivity index (χ2n) is 16.4. The van der Waals surface area contributed by atoms with E-state index in [2.05, 4.69) is 144 Å². The number of ether oxygens (including phenoxy) is 2. The molecule has 0 radical (unpaired) electrons. The number of para-hydroxylation sites is 1. The molecule has 0 spiro atoms. The summed E-state index contributed by atoms with van der Waals surface area (Å²) in [6.07, 6.45) is 6.62. The number of hydrogen-bond acceptors (Lipinski definition) is 2. The maximum atomic E-state index is 5.79. The highest BCUT2D eigenvalue weighted by molar-refractivity contribution is 6.92. The minimum absolute atomic E-state index is 0. The van der Waals surface area contributed by atoms with Crippen LogP contribution < -0.4 is 9.47 Å². The lowest BCUT2D eigenvalue weighted by Crippen LogP contribution is -2.27. The first-order valence-corrected chi connectivity index (χ1v) is 18.3. The molecule has 0 heterocycles. The summed E-state index contributed by atoms with van der Waals surface area (Å²) >= 11 is 0. The van der Waals surface area contributed by atoms with Gasteiger partial charge in [-0.05, 0) is 88.8 Å². The van der Waals surface area contributed by atoms with E-state index in [9.17, 15) is 0 Å². The zero-order valence-electron chi connectivity index (χ0n) is 34.7. The highest BCUT2D eigenvalue weighted by Gasteiger charge is 2.34. The summed E-state index contributed by atoms with van der Waals surface area (Å²) in [6, 6.07) is 21.8. The van der Waals surface area contributed by atoms with Crippen LogP contribution in [0.15, 0.2) is 96.1 Å². The first-order valence-electron chi connectivity index (χ1n) is 18.3. The smallest absolute Gasteiger partial charge is 0.127 e. The topological polar surface area (TPSA) is 18.5 Å². The van der Waals surface area contributed by atoms with Gasteiger partial charge < -0.3 is 9.47 Å². The van der Waals surface area contributed by atoms with E-state index in [1.165, 1.54) is 39.0 Å². The van der Waals surface area contributed by atoms with Crippen LogP contribution >= 0.6 is 9.90 Å². The van der Waals surface area contributed by atoms with Crippen LogP contribution in [-0.4, -0.2) is 14.2 Å². The van der Waals surface area contributed by atoms with Crippen molar-refractivity contribution < 1.29 is 9.47 Å². The van der Waals surface area contributed by atoms with Crippen LogP contribution in [0.1, 0.15) is 132 Å². The Bertz CT molecular complexity index is 1600. The number of fused-ring (bicyclic) bond motifs is 2. The molecule has 50 heavy (non-hydrogen) atoms. The Kier molecular flexibility index (Phi) is 17.0. The molecule has 2 bridgehead atoms. The minimum atomic E-state index is 0. The highest BCUT2D eigenvalue weighted by Crippen LogP contribution is 2.46. The molecule has 3 heteroatoms. The third-order valence-corrected chi connectivity index (χ3v) is 9.90. The normalized spacial score (nSPS) is 15.5. The SMILES string of the molecule is C=C(/C=C(\C)C(C)C)C(C)(C)C.CC.COc1ccccc1-c1c(C/C=C(/C)C2CC(C)(C)c3cc2cc(C(C)(C)C)c3)cccc1OC.P. The molecule has 0 aliphatic heterocycles. The molecule has 0 fully saturated rings. The molecule has 1 aliphatic rings. The van der Waals surface area contributed by atoms with Crippen molar-refractivity contribution in [2.75, 3.05) is 14.2 Å². The number of methoxy groups -OCH3 is 2. The molecule has 0 saturated carbocycles. The van der Waals surface area contributed by atoms with Gasteiger partial charge >= 0.3 is 0 Å². The summed E-state index contributed by atoms with van der Waals surface area (Å²) in [5.41, 5.74) is 12.3. The van der Waals surface area contributed by atoms with Crippen LogP contribution in [0.4, 0.5) is 0 Å². The Morgan fingerprint density at radius 2 is 1.46 bits per heavy atom. The summed E-state index contributed by atoms with van der Waals surface area (Å²) < 4.78 is 11.5. The van der Waals surface area contributed by atoms with Gasteiger partial charge in [-0.1, -0.05) is 161 Å². The van der Waals surface area contributed by atoms with Crippen molar-refractivity contribution in [2.24, 2.45) is 11.3 Å². The van der Waals surface area contributed by atoms with E-state index in [4.69, 9.17) is 9.47 Å². The molecule has 0 saturated heterocycles. The van der Waals surface area contributed by atoms with Gasteiger partial charge in [0.25, 0.3) is 0 Å². The van der Waals surface area contributed by atoms with Crippen molar-refractivity contribution in [3.8, 4) is 22.6 Å². The lowest BCUT2D eigenvalue weighted by molar-refractivity contribution is 0.410. The van der Waals surface area contributed by atoms with Crippen LogP contribution in [0.5, 0.6) is 11.5 Å². The molecule has 0 amide bonds. The molecule has 2 unspecified atom stereocenters. The summed E-state index contributed by atoms with van der Waals surface area (Å²) in [5.74, 6) is 2.79. The molecule has 3 aromatic rings. The number of rotatable bonds is 8. The quantitative estimate of drug-likeness (QED) is 0.132. The summed E-state index contributed by atoms with van der Waals surface area (Å²) in [7, 11) is 3.46. The summed E-state index contributed by atoms with van der Waals surface area (Å²) in [4.78, 5) is 0. The molecule has 3 aromatic carbocycles. The fourth-order valence-electron chi connectivity index (χ4n) is 5.99. The third-order valence-electron chi connectivity index (χ3n) is 9.90. The average Bonchev–Trinajstić information content (AvgIpc) is 3.05. The van der Waals surface area contributed by atoms with E-state index in [0.29, 0.717) is 11.8 Å². The third kappa shape index (κ3) is 11.7. The zero-order chi connectivity index (χ0) is 37.3. The number of allylic oxidation sites excluding steroid dienone is 5. The summed E-state index contributed by atoms with van der Waals surface area (Å²) in [6.45, 7) is 35.3. The van der Waals surface area contributed by atoms with Crippen LogP contribution in [0.3, 0.4) is 0 Å². The van der Waals surface area contributed by atoms with E-state index in [-0.39, 0.29) is 26.1 Å². The van der Waals surface area contributed by atoms with Crippen LogP contribution in [0.2, 0.25) is 0 Å². The predicted molar refractivity (Wildman–Crippen MR) is 228 cm³/mol. The molecular formula is C47H71O2P. The Balaban J connectivity index is 0.000000711. The molecule has 4 rings (SSSR count). The van der Waals surface area contributed by atoms with Gasteiger partial charge in [0.15, 0.2) is 0 Å². The second kappa shape index (κ2) is 18.9. The van der Waals surface area contributed by atoms with E-state index in [1.54, 1.807) is 14.2 Å². The number of hydrogen-bond donors (Lipinski definition) is 0. The number of benzene rings is 3. The first-order chi connectivity index (χ1) is 22.8. The van der Waals surface area contributed by atoms with Crippen LogP contribution in [0.25, 0.3) is 11.1 Å². The Morgan fingerprint density at radius 3 is 2.00 bits per heavy atom. The molecule has 2 atom stereocenters. The Hall–Kier alpha value is -3.09. The van der Waals surface area contributed by atoms with E-state index < -0.39 is 0 Å². The van der Waals surface area contributed by atoms with Gasteiger partial charge in [0.05, 0.1) is 14.2 Å². The molecule has 276 valence electrons. The van der Waals surface area contributed by atoms with E-state index in [1.807, 2.05) is 32.0 Å². The highest BCUT2D eigenvalue weighted by atomic mass is 31.0. The molecule has 0 aromatic heterocycles. The largest absolute Gasteiger partial charge is 0.496 e. The zero-order valence-corrected chi connectivity index (χ0v) is 36.1. The van der Waals surface area contributed by atoms with Crippen molar-refractivity contribution in [1.29, 1.82) is 0 Å². The van der Waals surface area contributed by atoms with Gasteiger partial charge in [0, 0.05) is 17.0 Å². The lowest BCUT2D eigenvalue weighted by Gasteiger charge is -2.38. The van der Waals surface area contributed by atoms with Crippen LogP contribution in [0, 0.1) is 11.3 Å². The monoisotopic (exact) mass is 699 g/mol. The minimum Gasteiger partial charge on any atom is -0.496 e. The van der Waals surface area contributed by atoms with Crippen molar-refractivity contribution in [3.05, 3.63) is 118 Å². The van der Waals surface area contributed by atoms with Gasteiger partial charge in [-0.2, -0.15) is 9.90 Å². The van der Waals surface area contributed by atoms with Crippen molar-refractivity contribution in [2.45, 2.75) is 127 Å². The first kappa shape index (κ1) is 44.9. The molecule has 0 N–H and O–H groups in total. The summed E-state index contributed by atoms with van der Waals surface area (Å²) in [5, 5.41) is 0. The Morgan fingerprint density at radius 1 is 0.880 bits per heavy atom. The van der Waals surface area contributed by atoms with Gasteiger partial charge in [-0.3, -0.25) is 0 Å². The van der Waals surface area contributed by atoms with Gasteiger partial charge in [0.2, 0.25) is 0 Å². The lowest BCUT2D eigenvalue weighted by atomic mass is 9.66. The standard InChI is InChI=1S/C33H40O2.C12H22.C2H6.H3P/c1-22(28-21-33(5,6)26-19-24(28)18-25(20-26)32(2,3)4)16-17-23-12-11-15-30(35-8)31(23)27-13-9-10-14-29(27)34-7;1-9(2)10(3)8-11(4)12(5,6)7;1-2;/h9-16,18-20,28H,17,21H2,1-8H3;8-9H,4H2,1-3,5-7H3;1-2H3;1H3/b22-16-;10-8+;;. The average molecular weight is 699 g/mol. The maximum Gasteiger partial charge on any atom is 0.127 e. The second-order valence-corrected chi connectivity index (χ2v) is 16.4. The van der Waals surface area contributed by atoms with Gasteiger partial charge in [0.1, 0.15) is 11.5 Å². The molecular weight excluding hydrogens is 627 g/mol. The molecule has 2 nitrogen and oxygen atoms in total. The fourth-order valence-corrected chi connectivity index (χ4v) is 5.99. The molecule has 1 aliphatic carbocycles. The van der Waals surface area contributed by atoms with Gasteiger partial charge in [-0.15, -0.1) is 0 Å². The van der Waals surface area contributed by atoms with Crippen molar-refractivity contribution in [1.82, 2.24) is 0 Å². The fraction of sp³-hybridized carbons (Fsp3) is 0.489. The van der Waals surface area contributed by atoms with Crippen molar-refractivity contribution >= 4 is 9.90 Å². The Labute approximate surface area is 311 Å². The van der Waals surface area contributed by atoms with Crippen molar-refractivity contribution in [3.63, 3.8) is 0 Å². The maximum absolute atomic E-state index is 5.79. The predicted octanol–water partition coefficient (Wildman–Crippen LogP) is 13.9.